The molecular formula is C14H28N2O2. The molecule has 3 unspecified atom stereocenters. The molecule has 1 N–H and O–H groups in total. The molecule has 2 aliphatic rings. The van der Waals surface area contributed by atoms with E-state index in [9.17, 15) is 0 Å². The summed E-state index contributed by atoms with van der Waals surface area (Å²) in [7, 11) is 1.80. The average molecular weight is 256 g/mol. The molecule has 0 amide bonds. The number of nitrogens with zero attached hydrogens (tertiary/aromatic N) is 1. The third kappa shape index (κ3) is 4.19. The van der Waals surface area contributed by atoms with Crippen LogP contribution in [0.3, 0.4) is 0 Å². The summed E-state index contributed by atoms with van der Waals surface area (Å²) in [5.74, 6) is 0.741. The number of ether oxygens (including phenoxy) is 2. The zero-order valence-electron chi connectivity index (χ0n) is 11.9. The van der Waals surface area contributed by atoms with Crippen LogP contribution >= 0.6 is 0 Å². The lowest BCUT2D eigenvalue weighted by molar-refractivity contribution is 0.0828. The van der Waals surface area contributed by atoms with E-state index in [-0.39, 0.29) is 0 Å². The third-order valence-corrected chi connectivity index (χ3v) is 4.19. The van der Waals surface area contributed by atoms with Gasteiger partial charge in [-0.05, 0) is 38.6 Å². The topological polar surface area (TPSA) is 33.7 Å². The highest BCUT2D eigenvalue weighted by Crippen LogP contribution is 2.16. The largest absolute Gasteiger partial charge is 0.384 e. The molecule has 0 saturated carbocycles. The van der Waals surface area contributed by atoms with Gasteiger partial charge in [-0.2, -0.15) is 0 Å². The van der Waals surface area contributed by atoms with Crippen molar-refractivity contribution in [2.75, 3.05) is 46.5 Å². The lowest BCUT2D eigenvalue weighted by Gasteiger charge is -2.22. The van der Waals surface area contributed by atoms with Crippen LogP contribution in [0.4, 0.5) is 0 Å². The van der Waals surface area contributed by atoms with Gasteiger partial charge >= 0.3 is 0 Å². The quantitative estimate of drug-likeness (QED) is 0.740. The van der Waals surface area contributed by atoms with Gasteiger partial charge < -0.3 is 19.7 Å². The molecule has 18 heavy (non-hydrogen) atoms. The van der Waals surface area contributed by atoms with Crippen LogP contribution in [0.5, 0.6) is 0 Å². The zero-order chi connectivity index (χ0) is 12.8. The first kappa shape index (κ1) is 14.3. The lowest BCUT2D eigenvalue weighted by atomic mass is 10.1. The van der Waals surface area contributed by atoms with Gasteiger partial charge in [0.05, 0.1) is 12.7 Å². The average Bonchev–Trinajstić information content (AvgIpc) is 3.00. The Balaban J connectivity index is 1.55. The molecule has 2 heterocycles. The van der Waals surface area contributed by atoms with Crippen molar-refractivity contribution < 1.29 is 9.47 Å². The fourth-order valence-electron chi connectivity index (χ4n) is 3.07. The highest BCUT2D eigenvalue weighted by Gasteiger charge is 2.24. The van der Waals surface area contributed by atoms with E-state index >= 15 is 0 Å². The lowest BCUT2D eigenvalue weighted by Crippen LogP contribution is -2.41. The minimum absolute atomic E-state index is 0.435. The van der Waals surface area contributed by atoms with Crippen LogP contribution in [0, 0.1) is 5.92 Å². The molecular weight excluding hydrogens is 228 g/mol. The Hall–Kier alpha value is -0.160. The molecule has 0 aromatic heterocycles. The van der Waals surface area contributed by atoms with E-state index in [4.69, 9.17) is 9.47 Å². The molecule has 0 spiro atoms. The van der Waals surface area contributed by atoms with Crippen molar-refractivity contribution in [2.45, 2.75) is 38.3 Å². The Labute approximate surface area is 111 Å². The summed E-state index contributed by atoms with van der Waals surface area (Å²) in [6.45, 7) is 8.75. The molecule has 4 heteroatoms. The highest BCUT2D eigenvalue weighted by molar-refractivity contribution is 4.79. The Morgan fingerprint density at radius 3 is 3.06 bits per heavy atom. The van der Waals surface area contributed by atoms with Gasteiger partial charge in [-0.25, -0.2) is 0 Å². The van der Waals surface area contributed by atoms with Crippen molar-refractivity contribution in [3.8, 4) is 0 Å². The maximum absolute atomic E-state index is 5.69. The van der Waals surface area contributed by atoms with Crippen LogP contribution < -0.4 is 5.32 Å². The molecule has 4 nitrogen and oxygen atoms in total. The van der Waals surface area contributed by atoms with Crippen LogP contribution in [0.15, 0.2) is 0 Å². The Bertz CT molecular complexity index is 232. The first-order chi connectivity index (χ1) is 8.79. The number of rotatable bonds is 7. The molecule has 2 rings (SSSR count). The maximum atomic E-state index is 5.69. The predicted octanol–water partition coefficient (Wildman–Crippen LogP) is 1.11. The fraction of sp³-hybridized carbons (Fsp3) is 1.00. The second kappa shape index (κ2) is 7.43. The van der Waals surface area contributed by atoms with Crippen LogP contribution in [-0.2, 0) is 9.47 Å². The van der Waals surface area contributed by atoms with Crippen molar-refractivity contribution in [2.24, 2.45) is 5.92 Å². The fourth-order valence-corrected chi connectivity index (χ4v) is 3.07. The number of likely N-dealkylation sites (tertiary alicyclic amines) is 1. The number of methoxy groups -OCH3 is 1. The smallest absolute Gasteiger partial charge is 0.0726 e. The van der Waals surface area contributed by atoms with E-state index in [2.05, 4.69) is 17.1 Å². The van der Waals surface area contributed by atoms with Crippen molar-refractivity contribution >= 4 is 0 Å². The van der Waals surface area contributed by atoms with Gasteiger partial charge in [0.15, 0.2) is 0 Å². The van der Waals surface area contributed by atoms with Crippen LogP contribution in [0.1, 0.15) is 26.2 Å². The van der Waals surface area contributed by atoms with Gasteiger partial charge in [0.2, 0.25) is 0 Å². The minimum Gasteiger partial charge on any atom is -0.384 e. The monoisotopic (exact) mass is 256 g/mol. The van der Waals surface area contributed by atoms with Crippen molar-refractivity contribution in [1.29, 1.82) is 0 Å². The second-order valence-electron chi connectivity index (χ2n) is 5.70. The minimum atomic E-state index is 0.435. The van der Waals surface area contributed by atoms with Crippen LogP contribution in [0.25, 0.3) is 0 Å². The maximum Gasteiger partial charge on any atom is 0.0726 e. The Morgan fingerprint density at radius 2 is 2.33 bits per heavy atom. The first-order valence-electron chi connectivity index (χ1n) is 7.36. The van der Waals surface area contributed by atoms with E-state index in [0.717, 1.165) is 32.2 Å². The van der Waals surface area contributed by atoms with E-state index < -0.39 is 0 Å². The highest BCUT2D eigenvalue weighted by atomic mass is 16.5. The summed E-state index contributed by atoms with van der Waals surface area (Å²) in [6.07, 6.45) is 4.16. The Kier molecular flexibility index (Phi) is 5.89. The molecule has 3 atom stereocenters. The summed E-state index contributed by atoms with van der Waals surface area (Å²) in [5.41, 5.74) is 0. The predicted molar refractivity (Wildman–Crippen MR) is 72.9 cm³/mol. The summed E-state index contributed by atoms with van der Waals surface area (Å²) in [4.78, 5) is 2.54. The summed E-state index contributed by atoms with van der Waals surface area (Å²) in [5, 5.41) is 3.60. The van der Waals surface area contributed by atoms with Crippen LogP contribution in [-0.4, -0.2) is 63.5 Å². The SMILES string of the molecule is COCC1CCN(CCNC(C)C2CCCO2)C1. The summed E-state index contributed by atoms with van der Waals surface area (Å²) in [6, 6.07) is 0.491. The standard InChI is InChI=1S/C14H28N2O2/c1-12(14-4-3-9-18-14)15-6-8-16-7-5-13(10-16)11-17-2/h12-15H,3-11H2,1-2H3. The molecule has 0 bridgehead atoms. The Morgan fingerprint density at radius 1 is 1.44 bits per heavy atom. The number of nitrogens with one attached hydrogen (secondary N) is 1. The summed E-state index contributed by atoms with van der Waals surface area (Å²) >= 11 is 0. The molecule has 2 saturated heterocycles. The third-order valence-electron chi connectivity index (χ3n) is 4.19. The second-order valence-corrected chi connectivity index (χ2v) is 5.70. The molecule has 2 fully saturated rings. The molecule has 2 aliphatic heterocycles. The molecule has 106 valence electrons. The molecule has 0 aromatic rings. The molecule has 0 radical (unpaired) electrons. The van der Waals surface area contributed by atoms with Gasteiger partial charge in [-0.3, -0.25) is 0 Å². The van der Waals surface area contributed by atoms with Gasteiger partial charge in [0, 0.05) is 39.4 Å². The van der Waals surface area contributed by atoms with Crippen molar-refractivity contribution in [3.63, 3.8) is 0 Å². The normalized spacial score (nSPS) is 31.0. The van der Waals surface area contributed by atoms with Crippen molar-refractivity contribution in [1.82, 2.24) is 10.2 Å². The summed E-state index contributed by atoms with van der Waals surface area (Å²) < 4.78 is 10.9. The van der Waals surface area contributed by atoms with Gasteiger partial charge in [-0.15, -0.1) is 0 Å². The van der Waals surface area contributed by atoms with Crippen molar-refractivity contribution in [3.05, 3.63) is 0 Å². The zero-order valence-corrected chi connectivity index (χ0v) is 11.9. The molecule has 0 aromatic carbocycles. The van der Waals surface area contributed by atoms with E-state index in [1.54, 1.807) is 7.11 Å². The first-order valence-corrected chi connectivity index (χ1v) is 7.36. The van der Waals surface area contributed by atoms with E-state index in [1.165, 1.54) is 32.4 Å². The van der Waals surface area contributed by atoms with Gasteiger partial charge in [-0.1, -0.05) is 0 Å². The van der Waals surface area contributed by atoms with E-state index in [1.807, 2.05) is 0 Å². The van der Waals surface area contributed by atoms with Gasteiger partial charge in [0.1, 0.15) is 0 Å². The molecule has 0 aliphatic carbocycles. The number of hydrogen-bond acceptors (Lipinski definition) is 4. The van der Waals surface area contributed by atoms with E-state index in [0.29, 0.717) is 12.1 Å². The number of hydrogen-bond donors (Lipinski definition) is 1. The van der Waals surface area contributed by atoms with Gasteiger partial charge in [0.25, 0.3) is 0 Å². The van der Waals surface area contributed by atoms with Crippen LogP contribution in [0.2, 0.25) is 0 Å².